The lowest BCUT2D eigenvalue weighted by Crippen LogP contribution is -2.45. The van der Waals surface area contributed by atoms with Gasteiger partial charge in [0.1, 0.15) is 11.6 Å². The van der Waals surface area contributed by atoms with Crippen molar-refractivity contribution in [3.8, 4) is 5.75 Å². The van der Waals surface area contributed by atoms with E-state index in [9.17, 15) is 13.2 Å². The van der Waals surface area contributed by atoms with Gasteiger partial charge in [-0.15, -0.1) is 0 Å². The van der Waals surface area contributed by atoms with E-state index in [1.54, 1.807) is 36.7 Å². The van der Waals surface area contributed by atoms with Gasteiger partial charge in [0.25, 0.3) is 0 Å². The van der Waals surface area contributed by atoms with Crippen molar-refractivity contribution in [2.75, 3.05) is 18.8 Å². The van der Waals surface area contributed by atoms with E-state index >= 15 is 0 Å². The highest BCUT2D eigenvalue weighted by Gasteiger charge is 2.39. The lowest BCUT2D eigenvalue weighted by atomic mass is 9.80. The lowest BCUT2D eigenvalue weighted by Gasteiger charge is -2.33. The predicted octanol–water partition coefficient (Wildman–Crippen LogP) is 4.01. The van der Waals surface area contributed by atoms with E-state index in [0.717, 1.165) is 72.9 Å². The lowest BCUT2D eigenvalue weighted by molar-refractivity contribution is 0.1000. The van der Waals surface area contributed by atoms with Gasteiger partial charge in [-0.2, -0.15) is 0 Å². The van der Waals surface area contributed by atoms with Gasteiger partial charge in [0.05, 0.1) is 17.5 Å². The number of nitrogens with two attached hydrogens (primary N) is 1. The quantitative estimate of drug-likeness (QED) is 0.284. The Labute approximate surface area is 239 Å². The topological polar surface area (TPSA) is 153 Å². The van der Waals surface area contributed by atoms with E-state index in [-0.39, 0.29) is 23.5 Å². The normalized spacial score (nSPS) is 22.5. The van der Waals surface area contributed by atoms with Crippen LogP contribution < -0.4 is 15.8 Å². The molecule has 6 rings (SSSR count). The number of amides is 1. The van der Waals surface area contributed by atoms with E-state index < -0.39 is 21.2 Å². The van der Waals surface area contributed by atoms with Crippen molar-refractivity contribution >= 4 is 37.7 Å². The van der Waals surface area contributed by atoms with E-state index in [1.165, 1.54) is 0 Å². The number of aromatic nitrogens is 4. The van der Waals surface area contributed by atoms with Crippen molar-refractivity contribution in [3.63, 3.8) is 0 Å². The molecule has 4 aromatic rings. The van der Waals surface area contributed by atoms with Crippen LogP contribution >= 0.6 is 0 Å². The van der Waals surface area contributed by atoms with Crippen molar-refractivity contribution in [2.45, 2.75) is 56.8 Å². The molecule has 1 aliphatic carbocycles. The molecular weight excluding hydrogens is 540 g/mol. The minimum atomic E-state index is -3.58. The van der Waals surface area contributed by atoms with Crippen LogP contribution in [0.1, 0.15) is 66.3 Å². The number of aryl methyl sites for hydroxylation is 1. The number of hydrogen-bond acceptors (Lipinski definition) is 8. The van der Waals surface area contributed by atoms with Crippen LogP contribution in [0, 0.1) is 18.8 Å². The Morgan fingerprint density at radius 2 is 1.88 bits per heavy atom. The fraction of sp³-hybridized carbons (Fsp3) is 0.467. The first-order chi connectivity index (χ1) is 19.8. The highest BCUT2D eigenvalue weighted by atomic mass is 32.2. The molecule has 4 heterocycles. The number of hydrogen-bond donors (Lipinski definition) is 3. The molecule has 2 aliphatic rings. The van der Waals surface area contributed by atoms with Gasteiger partial charge in [0.2, 0.25) is 11.3 Å². The van der Waals surface area contributed by atoms with Crippen LogP contribution in [0.5, 0.6) is 5.75 Å². The number of sulfone groups is 1. The third kappa shape index (κ3) is 5.78. The average Bonchev–Trinajstić information content (AvgIpc) is 3.45. The molecule has 1 aromatic carbocycles. The molecule has 2 fully saturated rings. The number of H-pyrrole nitrogens is 1. The number of carbonyl (C=O) groups is 1. The van der Waals surface area contributed by atoms with Crippen LogP contribution in [-0.2, 0) is 9.84 Å². The summed E-state index contributed by atoms with van der Waals surface area (Å²) in [4.78, 5) is 28.5. The second-order valence-electron chi connectivity index (χ2n) is 11.5. The molecule has 11 heteroatoms. The number of rotatable bonds is 8. The van der Waals surface area contributed by atoms with Crippen molar-refractivity contribution in [1.29, 1.82) is 0 Å². The van der Waals surface area contributed by atoms with Crippen LogP contribution in [0.15, 0.2) is 42.7 Å². The number of aromatic amines is 1. The number of benzene rings is 1. The smallest absolute Gasteiger partial charge is 0.248 e. The largest absolute Gasteiger partial charge is 0.474 e. The monoisotopic (exact) mass is 576 g/mol. The number of primary amides is 1. The van der Waals surface area contributed by atoms with Gasteiger partial charge >= 0.3 is 0 Å². The molecule has 0 radical (unpaired) electrons. The Morgan fingerprint density at radius 1 is 1.10 bits per heavy atom. The summed E-state index contributed by atoms with van der Waals surface area (Å²) in [7, 11) is -3.58. The first-order valence-electron chi connectivity index (χ1n) is 14.4. The van der Waals surface area contributed by atoms with E-state index in [2.05, 4.69) is 25.3 Å². The van der Waals surface area contributed by atoms with Gasteiger partial charge in [-0.1, -0.05) is 0 Å². The molecular formula is C30H36N6O4S. The van der Waals surface area contributed by atoms with Crippen LogP contribution in [-0.4, -0.2) is 58.5 Å². The molecule has 3 aromatic heterocycles. The van der Waals surface area contributed by atoms with E-state index in [1.807, 2.05) is 13.0 Å². The van der Waals surface area contributed by atoms with Gasteiger partial charge in [-0.05, 0) is 94.2 Å². The Kier molecular flexibility index (Phi) is 7.65. The standard InChI is InChI=1S/C30H36N6O4S/c1-18-35-25-16-34-29-24(12-14-33-29)26(25)27(36-18)20-6-4-19(5-7-20)17-41(38,39)30(22-3-2-13-32-15-22)40-23-10-8-21(9-11-23)28(31)37/h8-12,14,16,19-20,22,30,32H,2-7,13,15,17H2,1H3,(H2,31,37)(H,35,36). The molecule has 1 amide bonds. The molecule has 2 atom stereocenters. The fourth-order valence-electron chi connectivity index (χ4n) is 6.54. The molecule has 1 saturated carbocycles. The number of fused-ring (bicyclic) bond motifs is 3. The molecule has 10 nitrogen and oxygen atoms in total. The Hall–Kier alpha value is -3.57. The molecule has 2 unspecified atom stereocenters. The summed E-state index contributed by atoms with van der Waals surface area (Å²) in [5.41, 5.74) is 7.48. The summed E-state index contributed by atoms with van der Waals surface area (Å²) in [5, 5.41) is 5.39. The third-order valence-electron chi connectivity index (χ3n) is 8.57. The van der Waals surface area contributed by atoms with Gasteiger partial charge in [-0.3, -0.25) is 4.79 Å². The second-order valence-corrected chi connectivity index (χ2v) is 13.6. The zero-order valence-electron chi connectivity index (χ0n) is 23.2. The van der Waals surface area contributed by atoms with Crippen LogP contribution in [0.3, 0.4) is 0 Å². The Bertz CT molecular complexity index is 1660. The molecule has 0 spiro atoms. The minimum absolute atomic E-state index is 0.0626. The maximum absolute atomic E-state index is 13.9. The summed E-state index contributed by atoms with van der Waals surface area (Å²) in [6.07, 6.45) is 8.66. The van der Waals surface area contributed by atoms with Crippen LogP contribution in [0.2, 0.25) is 0 Å². The van der Waals surface area contributed by atoms with Gasteiger partial charge in [0.15, 0.2) is 15.5 Å². The zero-order valence-corrected chi connectivity index (χ0v) is 24.0. The third-order valence-corrected chi connectivity index (χ3v) is 10.7. The summed E-state index contributed by atoms with van der Waals surface area (Å²) in [6, 6.07) is 8.36. The van der Waals surface area contributed by atoms with Crippen molar-refractivity contribution in [1.82, 2.24) is 25.3 Å². The number of nitrogens with zero attached hydrogens (tertiary/aromatic N) is 3. The summed E-state index contributed by atoms with van der Waals surface area (Å²) in [6.45, 7) is 3.43. The average molecular weight is 577 g/mol. The number of ether oxygens (including phenoxy) is 1. The first-order valence-corrected chi connectivity index (χ1v) is 16.1. The van der Waals surface area contributed by atoms with Crippen molar-refractivity contribution in [3.05, 3.63) is 59.8 Å². The molecule has 1 aliphatic heterocycles. The number of nitrogens with one attached hydrogen (secondary N) is 2. The molecule has 4 N–H and O–H groups in total. The fourth-order valence-corrected chi connectivity index (χ4v) is 8.79. The van der Waals surface area contributed by atoms with Crippen LogP contribution in [0.4, 0.5) is 0 Å². The molecule has 41 heavy (non-hydrogen) atoms. The predicted molar refractivity (Wildman–Crippen MR) is 157 cm³/mol. The van der Waals surface area contributed by atoms with Gasteiger partial charge in [0, 0.05) is 40.7 Å². The summed E-state index contributed by atoms with van der Waals surface area (Å²) < 4.78 is 34.0. The molecule has 1 saturated heterocycles. The van der Waals surface area contributed by atoms with Crippen molar-refractivity contribution in [2.24, 2.45) is 17.6 Å². The summed E-state index contributed by atoms with van der Waals surface area (Å²) in [5.74, 6) is 1.02. The zero-order chi connectivity index (χ0) is 28.6. The highest BCUT2D eigenvalue weighted by Crippen LogP contribution is 2.40. The number of piperidine rings is 1. The van der Waals surface area contributed by atoms with E-state index in [4.69, 9.17) is 10.5 Å². The Balaban J connectivity index is 1.19. The van der Waals surface area contributed by atoms with Crippen molar-refractivity contribution < 1.29 is 17.9 Å². The van der Waals surface area contributed by atoms with Crippen LogP contribution in [0.25, 0.3) is 21.9 Å². The number of pyridine rings is 1. The molecule has 216 valence electrons. The SMILES string of the molecule is Cc1nc2cnc3nccc3c2c(C2CCC(CS(=O)(=O)C(Oc3ccc(C(N)=O)cc3)C3CCCNC3)CC2)[nH]1. The second kappa shape index (κ2) is 11.4. The first kappa shape index (κ1) is 27.6. The van der Waals surface area contributed by atoms with Gasteiger partial charge < -0.3 is 20.8 Å². The Morgan fingerprint density at radius 3 is 2.59 bits per heavy atom. The van der Waals surface area contributed by atoms with Gasteiger partial charge in [-0.25, -0.2) is 23.4 Å². The molecule has 0 bridgehead atoms. The van der Waals surface area contributed by atoms with E-state index in [0.29, 0.717) is 23.5 Å². The highest BCUT2D eigenvalue weighted by molar-refractivity contribution is 7.91. The number of carbonyl (C=O) groups excluding carboxylic acids is 1. The maximum atomic E-state index is 13.9. The maximum Gasteiger partial charge on any atom is 0.248 e. The minimum Gasteiger partial charge on any atom is -0.474 e. The summed E-state index contributed by atoms with van der Waals surface area (Å²) >= 11 is 0.